The number of rotatable bonds is 4. The molecule has 0 atom stereocenters. The maximum absolute atomic E-state index is 12.1. The average molecular weight is 299 g/mol. The van der Waals surface area contributed by atoms with Crippen molar-refractivity contribution in [3.63, 3.8) is 0 Å². The van der Waals surface area contributed by atoms with E-state index < -0.39 is 10.0 Å². The number of aromatic nitrogens is 2. The number of nitrogens with one attached hydrogen (secondary N) is 2. The van der Waals surface area contributed by atoms with Crippen molar-refractivity contribution in [2.24, 2.45) is 0 Å². The quantitative estimate of drug-likeness (QED) is 0.777. The van der Waals surface area contributed by atoms with Gasteiger partial charge in [-0.05, 0) is 23.8 Å². The molecule has 21 heavy (non-hydrogen) atoms. The highest BCUT2D eigenvalue weighted by Crippen LogP contribution is 2.21. The number of hydrogen-bond donors (Lipinski definition) is 2. The minimum Gasteiger partial charge on any atom is -0.345 e. The van der Waals surface area contributed by atoms with Gasteiger partial charge in [-0.15, -0.1) is 0 Å². The fourth-order valence-corrected chi connectivity index (χ4v) is 2.84. The highest BCUT2D eigenvalue weighted by Gasteiger charge is 2.09. The smallest absolute Gasteiger partial charge is 0.255 e. The van der Waals surface area contributed by atoms with Crippen molar-refractivity contribution in [3.05, 3.63) is 65.8 Å². The van der Waals surface area contributed by atoms with Gasteiger partial charge in [0.05, 0.1) is 22.9 Å². The van der Waals surface area contributed by atoms with Crippen LogP contribution in [0.4, 0.5) is 5.69 Å². The van der Waals surface area contributed by atoms with Gasteiger partial charge in [0.25, 0.3) is 10.0 Å². The minimum atomic E-state index is -3.59. The standard InChI is InChI=1S/C15H13N3O2S/c19-21(20,10-9-12-5-2-1-3-6-12)18-14-8-4-7-13-15(14)17-11-16-13/h1-11,18H,(H,16,17). The summed E-state index contributed by atoms with van der Waals surface area (Å²) in [4.78, 5) is 7.05. The first-order valence-corrected chi connectivity index (χ1v) is 7.87. The third kappa shape index (κ3) is 3.11. The van der Waals surface area contributed by atoms with E-state index in [0.29, 0.717) is 11.2 Å². The van der Waals surface area contributed by atoms with Crippen LogP contribution in [-0.2, 0) is 10.0 Å². The van der Waals surface area contributed by atoms with E-state index in [-0.39, 0.29) is 0 Å². The third-order valence-electron chi connectivity index (χ3n) is 2.94. The molecule has 6 heteroatoms. The first-order valence-electron chi connectivity index (χ1n) is 6.32. The van der Waals surface area contributed by atoms with Crippen molar-refractivity contribution in [2.45, 2.75) is 0 Å². The van der Waals surface area contributed by atoms with Crippen molar-refractivity contribution >= 4 is 32.8 Å². The molecule has 0 aliphatic carbocycles. The molecule has 2 N–H and O–H groups in total. The zero-order valence-electron chi connectivity index (χ0n) is 11.0. The Bertz CT molecular complexity index is 883. The number of H-pyrrole nitrogens is 1. The maximum Gasteiger partial charge on any atom is 0.255 e. The normalized spacial score (nSPS) is 12.0. The van der Waals surface area contributed by atoms with Gasteiger partial charge >= 0.3 is 0 Å². The van der Waals surface area contributed by atoms with Gasteiger partial charge in [0, 0.05) is 0 Å². The third-order valence-corrected chi connectivity index (χ3v) is 3.94. The summed E-state index contributed by atoms with van der Waals surface area (Å²) in [6.45, 7) is 0. The Morgan fingerprint density at radius 2 is 1.86 bits per heavy atom. The molecule has 106 valence electrons. The number of aromatic amines is 1. The van der Waals surface area contributed by atoms with E-state index in [2.05, 4.69) is 14.7 Å². The van der Waals surface area contributed by atoms with E-state index in [1.54, 1.807) is 18.2 Å². The van der Waals surface area contributed by atoms with Gasteiger partial charge in [-0.2, -0.15) is 0 Å². The van der Waals surface area contributed by atoms with Gasteiger partial charge in [0.1, 0.15) is 5.52 Å². The van der Waals surface area contributed by atoms with E-state index in [1.165, 1.54) is 6.33 Å². The molecule has 1 aromatic heterocycles. The van der Waals surface area contributed by atoms with E-state index in [0.717, 1.165) is 16.5 Å². The first kappa shape index (κ1) is 13.4. The first-order chi connectivity index (χ1) is 10.1. The van der Waals surface area contributed by atoms with Crippen LogP contribution in [-0.4, -0.2) is 18.4 Å². The van der Waals surface area contributed by atoms with Crippen LogP contribution >= 0.6 is 0 Å². The summed E-state index contributed by atoms with van der Waals surface area (Å²) in [6, 6.07) is 14.5. The molecule has 2 aromatic carbocycles. The summed E-state index contributed by atoms with van der Waals surface area (Å²) in [6.07, 6.45) is 3.08. The molecule has 3 aromatic rings. The van der Waals surface area contributed by atoms with Crippen molar-refractivity contribution in [3.8, 4) is 0 Å². The van der Waals surface area contributed by atoms with E-state index in [1.807, 2.05) is 36.4 Å². The second-order valence-corrected chi connectivity index (χ2v) is 6.03. The van der Waals surface area contributed by atoms with Crippen LogP contribution in [0.1, 0.15) is 5.56 Å². The lowest BCUT2D eigenvalue weighted by atomic mass is 10.2. The van der Waals surface area contributed by atoms with Crippen LogP contribution < -0.4 is 4.72 Å². The molecule has 0 spiro atoms. The molecular formula is C15H13N3O2S. The topological polar surface area (TPSA) is 74.8 Å². The number of sulfonamides is 1. The fourth-order valence-electron chi connectivity index (χ4n) is 1.97. The van der Waals surface area contributed by atoms with E-state index in [4.69, 9.17) is 0 Å². The summed E-state index contributed by atoms with van der Waals surface area (Å²) in [5.74, 6) is 0. The summed E-state index contributed by atoms with van der Waals surface area (Å²) >= 11 is 0. The summed E-state index contributed by atoms with van der Waals surface area (Å²) in [5.41, 5.74) is 2.64. The monoisotopic (exact) mass is 299 g/mol. The van der Waals surface area contributed by atoms with Gasteiger partial charge in [-0.1, -0.05) is 36.4 Å². The zero-order chi connectivity index (χ0) is 14.7. The predicted molar refractivity (Wildman–Crippen MR) is 84.1 cm³/mol. The molecule has 1 heterocycles. The van der Waals surface area contributed by atoms with Gasteiger partial charge in [-0.25, -0.2) is 13.4 Å². The Balaban J connectivity index is 1.86. The minimum absolute atomic E-state index is 0.450. The predicted octanol–water partition coefficient (Wildman–Crippen LogP) is 2.98. The molecule has 0 saturated carbocycles. The Hall–Kier alpha value is -2.60. The Labute approximate surface area is 122 Å². The van der Waals surface area contributed by atoms with Gasteiger partial charge < -0.3 is 4.98 Å². The number of fused-ring (bicyclic) bond motifs is 1. The molecule has 0 fully saturated rings. The highest BCUT2D eigenvalue weighted by atomic mass is 32.2. The molecule has 0 bridgehead atoms. The summed E-state index contributed by atoms with van der Waals surface area (Å²) < 4.78 is 26.7. The number of benzene rings is 2. The van der Waals surface area contributed by atoms with Gasteiger partial charge in [0.2, 0.25) is 0 Å². The van der Waals surface area contributed by atoms with Crippen LogP contribution in [0, 0.1) is 0 Å². The second-order valence-electron chi connectivity index (χ2n) is 4.46. The van der Waals surface area contributed by atoms with Crippen LogP contribution in [0.15, 0.2) is 60.3 Å². The number of hydrogen-bond acceptors (Lipinski definition) is 3. The fraction of sp³-hybridized carbons (Fsp3) is 0. The van der Waals surface area contributed by atoms with Crippen LogP contribution in [0.5, 0.6) is 0 Å². The molecule has 0 saturated heterocycles. The summed E-state index contributed by atoms with van der Waals surface area (Å²) in [5, 5.41) is 1.15. The second kappa shape index (κ2) is 5.41. The number of imidazole rings is 1. The molecule has 5 nitrogen and oxygen atoms in total. The molecule has 0 aliphatic rings. The molecule has 3 rings (SSSR count). The van der Waals surface area contributed by atoms with Gasteiger partial charge in [-0.3, -0.25) is 4.72 Å². The lowest BCUT2D eigenvalue weighted by Gasteiger charge is -2.04. The largest absolute Gasteiger partial charge is 0.345 e. The highest BCUT2D eigenvalue weighted by molar-refractivity contribution is 7.95. The molecule has 0 radical (unpaired) electrons. The van der Waals surface area contributed by atoms with E-state index in [9.17, 15) is 8.42 Å². The maximum atomic E-state index is 12.1. The van der Waals surface area contributed by atoms with Crippen molar-refractivity contribution in [1.29, 1.82) is 0 Å². The average Bonchev–Trinajstić information content (AvgIpc) is 2.96. The van der Waals surface area contributed by atoms with Crippen LogP contribution in [0.3, 0.4) is 0 Å². The molecular weight excluding hydrogens is 286 g/mol. The van der Waals surface area contributed by atoms with Gasteiger partial charge in [0.15, 0.2) is 0 Å². The molecule has 0 unspecified atom stereocenters. The van der Waals surface area contributed by atoms with Crippen molar-refractivity contribution < 1.29 is 8.42 Å². The number of nitrogens with zero attached hydrogens (tertiary/aromatic N) is 1. The summed E-state index contributed by atoms with van der Waals surface area (Å²) in [7, 11) is -3.59. The van der Waals surface area contributed by atoms with E-state index >= 15 is 0 Å². The number of anilines is 1. The Kier molecular flexibility index (Phi) is 3.45. The Morgan fingerprint density at radius 1 is 1.05 bits per heavy atom. The Morgan fingerprint density at radius 3 is 2.67 bits per heavy atom. The van der Waals surface area contributed by atoms with Crippen molar-refractivity contribution in [2.75, 3.05) is 4.72 Å². The molecule has 0 aliphatic heterocycles. The van der Waals surface area contributed by atoms with Crippen LogP contribution in [0.2, 0.25) is 0 Å². The molecule has 0 amide bonds. The SMILES string of the molecule is O=S(=O)(C=Cc1ccccc1)Nc1cccc2[nH]cnc12. The lowest BCUT2D eigenvalue weighted by molar-refractivity contribution is 0.609. The number of para-hydroxylation sites is 1. The van der Waals surface area contributed by atoms with Crippen LogP contribution in [0.25, 0.3) is 17.1 Å². The lowest BCUT2D eigenvalue weighted by Crippen LogP contribution is -2.09. The zero-order valence-corrected chi connectivity index (χ0v) is 11.8. The van der Waals surface area contributed by atoms with Crippen molar-refractivity contribution in [1.82, 2.24) is 9.97 Å².